The average Bonchev–Trinajstić information content (AvgIpc) is 3.26. The van der Waals surface area contributed by atoms with Crippen LogP contribution in [0, 0.1) is 11.8 Å². The van der Waals surface area contributed by atoms with E-state index in [0.29, 0.717) is 29.3 Å². The molecule has 33 heavy (non-hydrogen) atoms. The predicted octanol–water partition coefficient (Wildman–Crippen LogP) is 4.68. The van der Waals surface area contributed by atoms with Crippen molar-refractivity contribution >= 4 is 50.1 Å². The van der Waals surface area contributed by atoms with E-state index in [1.165, 1.54) is 41.4 Å². The summed E-state index contributed by atoms with van der Waals surface area (Å²) in [5.74, 6) is 1.76. The third-order valence-electron chi connectivity index (χ3n) is 6.12. The van der Waals surface area contributed by atoms with E-state index in [1.807, 2.05) is 29.6 Å². The first-order valence-electron chi connectivity index (χ1n) is 11.1. The fourth-order valence-electron chi connectivity index (χ4n) is 4.16. The van der Waals surface area contributed by atoms with E-state index in [0.717, 1.165) is 29.4 Å². The van der Waals surface area contributed by atoms with Crippen molar-refractivity contribution in [3.05, 3.63) is 57.0 Å². The molecule has 1 amide bonds. The van der Waals surface area contributed by atoms with Crippen LogP contribution in [0.5, 0.6) is 5.75 Å². The van der Waals surface area contributed by atoms with Crippen molar-refractivity contribution in [1.29, 1.82) is 0 Å². The number of alkyl halides is 1. The number of halogens is 1. The van der Waals surface area contributed by atoms with E-state index in [4.69, 9.17) is 9.47 Å². The lowest BCUT2D eigenvalue weighted by atomic mass is 9.83. The lowest BCUT2D eigenvalue weighted by Crippen LogP contribution is -2.27. The van der Waals surface area contributed by atoms with Gasteiger partial charge < -0.3 is 19.8 Å². The van der Waals surface area contributed by atoms with Crippen LogP contribution < -0.4 is 15.6 Å². The molecule has 1 aliphatic carbocycles. The van der Waals surface area contributed by atoms with Gasteiger partial charge in [-0.05, 0) is 60.6 Å². The molecule has 0 bridgehead atoms. The van der Waals surface area contributed by atoms with Crippen molar-refractivity contribution in [3.8, 4) is 5.75 Å². The number of carbonyl (C=O) groups excluding carboxylic acids is 1. The maximum atomic E-state index is 12.7. The molecular formula is C24H28IN3O4S. The van der Waals surface area contributed by atoms with Crippen LogP contribution in [-0.2, 0) is 17.9 Å². The normalized spacial score (nSPS) is 18.4. The van der Waals surface area contributed by atoms with Crippen LogP contribution >= 0.6 is 33.9 Å². The lowest BCUT2D eigenvalue weighted by molar-refractivity contribution is 0.0695. The summed E-state index contributed by atoms with van der Waals surface area (Å²) in [6.07, 6.45) is 5.00. The minimum Gasteiger partial charge on any atom is -0.497 e. The first-order chi connectivity index (χ1) is 16.1. The number of rotatable bonds is 9. The number of aromatic nitrogens is 2. The third kappa shape index (κ3) is 6.13. The molecule has 1 fully saturated rings. The van der Waals surface area contributed by atoms with E-state index in [-0.39, 0.29) is 11.4 Å². The van der Waals surface area contributed by atoms with Crippen LogP contribution in [0.1, 0.15) is 47.4 Å². The highest BCUT2D eigenvalue weighted by Crippen LogP contribution is 2.30. The minimum atomic E-state index is -0.426. The smallest absolute Gasteiger partial charge is 0.287 e. The van der Waals surface area contributed by atoms with Crippen molar-refractivity contribution in [3.63, 3.8) is 0 Å². The second kappa shape index (κ2) is 11.4. The Hall–Kier alpha value is -1.98. The zero-order valence-electron chi connectivity index (χ0n) is 18.6. The number of hydrogen-bond acceptors (Lipinski definition) is 6. The summed E-state index contributed by atoms with van der Waals surface area (Å²) in [4.78, 5) is 32.9. The van der Waals surface area contributed by atoms with Crippen molar-refractivity contribution < 1.29 is 14.3 Å². The standard InChI is InChI=1S/C24H28IN3O4S/c1-31-19-4-2-3-17(9-19)11-26-23(30)21-27-22(29)20-18(14-33-24(20)28-21)13-32-12-16-7-5-15(10-25)6-8-16/h2-4,9,14-16H,5-8,10-13H2,1H3,(H,26,30)(H,27,28,29)/t15-,16-. The highest BCUT2D eigenvalue weighted by molar-refractivity contribution is 14.1. The van der Waals surface area contributed by atoms with Crippen LogP contribution in [0.3, 0.4) is 0 Å². The zero-order valence-corrected chi connectivity index (χ0v) is 21.5. The van der Waals surface area contributed by atoms with E-state index in [2.05, 4.69) is 37.9 Å². The van der Waals surface area contributed by atoms with Gasteiger partial charge in [-0.2, -0.15) is 0 Å². The Morgan fingerprint density at radius 1 is 1.27 bits per heavy atom. The number of methoxy groups -OCH3 is 1. The van der Waals surface area contributed by atoms with E-state index in [1.54, 1.807) is 7.11 Å². The molecule has 1 aliphatic rings. The van der Waals surface area contributed by atoms with Gasteiger partial charge in [-0.3, -0.25) is 9.59 Å². The Balaban J connectivity index is 1.36. The molecule has 1 aromatic carbocycles. The number of thiophene rings is 1. The molecule has 0 unspecified atom stereocenters. The zero-order chi connectivity index (χ0) is 23.2. The van der Waals surface area contributed by atoms with Gasteiger partial charge in [0.05, 0.1) is 19.1 Å². The van der Waals surface area contributed by atoms with Crippen molar-refractivity contribution in [1.82, 2.24) is 15.3 Å². The van der Waals surface area contributed by atoms with Crippen LogP contribution in [-0.4, -0.2) is 34.0 Å². The molecule has 2 heterocycles. The molecule has 7 nitrogen and oxygen atoms in total. The molecule has 3 aromatic rings. The Morgan fingerprint density at radius 3 is 2.82 bits per heavy atom. The number of hydrogen-bond donors (Lipinski definition) is 2. The first kappa shape index (κ1) is 24.2. The number of nitrogens with one attached hydrogen (secondary N) is 2. The van der Waals surface area contributed by atoms with Crippen LogP contribution in [0.2, 0.25) is 0 Å². The van der Waals surface area contributed by atoms with Gasteiger partial charge in [0.25, 0.3) is 11.5 Å². The summed E-state index contributed by atoms with van der Waals surface area (Å²) in [7, 11) is 1.60. The summed E-state index contributed by atoms with van der Waals surface area (Å²) in [5, 5.41) is 5.21. The molecule has 176 valence electrons. The number of ether oxygens (including phenoxy) is 2. The fourth-order valence-corrected chi connectivity index (χ4v) is 5.96. The quantitative estimate of drug-likeness (QED) is 0.283. The molecule has 0 saturated heterocycles. The number of aromatic amines is 1. The second-order valence-electron chi connectivity index (χ2n) is 8.45. The Kier molecular flexibility index (Phi) is 8.37. The second-order valence-corrected chi connectivity index (χ2v) is 10.2. The summed E-state index contributed by atoms with van der Waals surface area (Å²) >= 11 is 3.84. The van der Waals surface area contributed by atoms with Gasteiger partial charge >= 0.3 is 0 Å². The van der Waals surface area contributed by atoms with Gasteiger partial charge in [-0.15, -0.1) is 11.3 Å². The van der Waals surface area contributed by atoms with Gasteiger partial charge in [0, 0.05) is 23.1 Å². The Morgan fingerprint density at radius 2 is 2.06 bits per heavy atom. The maximum absolute atomic E-state index is 12.7. The topological polar surface area (TPSA) is 93.3 Å². The van der Waals surface area contributed by atoms with E-state index in [9.17, 15) is 9.59 Å². The van der Waals surface area contributed by atoms with Crippen LogP contribution in [0.15, 0.2) is 34.4 Å². The number of H-pyrrole nitrogens is 1. The number of fused-ring (bicyclic) bond motifs is 1. The largest absolute Gasteiger partial charge is 0.497 e. The van der Waals surface area contributed by atoms with Crippen molar-refractivity contribution in [2.75, 3.05) is 18.1 Å². The molecule has 0 radical (unpaired) electrons. The van der Waals surface area contributed by atoms with Crippen molar-refractivity contribution in [2.45, 2.75) is 38.8 Å². The highest BCUT2D eigenvalue weighted by Gasteiger charge is 2.21. The molecule has 0 atom stereocenters. The van der Waals surface area contributed by atoms with Gasteiger partial charge in [-0.1, -0.05) is 34.7 Å². The molecule has 2 N–H and O–H groups in total. The maximum Gasteiger partial charge on any atom is 0.287 e. The predicted molar refractivity (Wildman–Crippen MR) is 138 cm³/mol. The number of nitrogens with zero attached hydrogens (tertiary/aromatic N) is 1. The molecular weight excluding hydrogens is 553 g/mol. The van der Waals surface area contributed by atoms with E-state index >= 15 is 0 Å². The number of amides is 1. The molecule has 4 rings (SSSR count). The SMILES string of the molecule is COc1cccc(CNC(=O)c2nc3scc(COC[C@H]4CC[C@H](CI)CC4)c3c(=O)[nH]2)c1. The minimum absolute atomic E-state index is 0.0109. The monoisotopic (exact) mass is 581 g/mol. The van der Waals surface area contributed by atoms with Gasteiger partial charge in [-0.25, -0.2) is 4.98 Å². The highest BCUT2D eigenvalue weighted by atomic mass is 127. The number of benzene rings is 1. The molecule has 1 saturated carbocycles. The van der Waals surface area contributed by atoms with Gasteiger partial charge in [0.1, 0.15) is 10.6 Å². The van der Waals surface area contributed by atoms with E-state index < -0.39 is 5.91 Å². The van der Waals surface area contributed by atoms with Crippen molar-refractivity contribution in [2.24, 2.45) is 11.8 Å². The fraction of sp³-hybridized carbons (Fsp3) is 0.458. The Bertz CT molecular complexity index is 1150. The Labute approximate surface area is 210 Å². The van der Waals surface area contributed by atoms with Gasteiger partial charge in [0.15, 0.2) is 0 Å². The first-order valence-corrected chi connectivity index (χ1v) is 13.5. The average molecular weight is 581 g/mol. The molecule has 9 heteroatoms. The molecule has 0 aliphatic heterocycles. The molecule has 2 aromatic heterocycles. The summed E-state index contributed by atoms with van der Waals surface area (Å²) in [5.41, 5.74) is 1.41. The summed E-state index contributed by atoms with van der Waals surface area (Å²) < 4.78 is 12.4. The summed E-state index contributed by atoms with van der Waals surface area (Å²) in [6.45, 7) is 1.42. The van der Waals surface area contributed by atoms with Gasteiger partial charge in [0.2, 0.25) is 5.82 Å². The molecule has 0 spiro atoms. The van der Waals surface area contributed by atoms with Crippen LogP contribution in [0.4, 0.5) is 0 Å². The third-order valence-corrected chi connectivity index (χ3v) is 8.28. The summed E-state index contributed by atoms with van der Waals surface area (Å²) in [6, 6.07) is 7.44. The lowest BCUT2D eigenvalue weighted by Gasteiger charge is -2.27. The van der Waals surface area contributed by atoms with Crippen LogP contribution in [0.25, 0.3) is 10.2 Å². The number of carbonyl (C=O) groups is 1.